The van der Waals surface area contributed by atoms with Crippen molar-refractivity contribution >= 4 is 23.6 Å². The van der Waals surface area contributed by atoms with E-state index >= 15 is 0 Å². The molecule has 2 aromatic carbocycles. The topological polar surface area (TPSA) is 73.2 Å². The van der Waals surface area contributed by atoms with Crippen molar-refractivity contribution in [3.8, 4) is 16.9 Å². The van der Waals surface area contributed by atoms with Gasteiger partial charge in [-0.1, -0.05) is 42.0 Å². The zero-order chi connectivity index (χ0) is 21.5. The van der Waals surface area contributed by atoms with Gasteiger partial charge in [0, 0.05) is 11.8 Å². The smallest absolute Gasteiger partial charge is 0.328 e. The summed E-state index contributed by atoms with van der Waals surface area (Å²) in [6, 6.07) is 16.7. The van der Waals surface area contributed by atoms with E-state index in [4.69, 9.17) is 4.74 Å². The summed E-state index contributed by atoms with van der Waals surface area (Å²) in [6.45, 7) is 1.99. The first kappa shape index (κ1) is 21.6. The molecule has 0 saturated carbocycles. The summed E-state index contributed by atoms with van der Waals surface area (Å²) >= 11 is 1.61. The van der Waals surface area contributed by atoms with Crippen LogP contribution in [0.4, 0.5) is 0 Å². The molecule has 1 atom stereocenters. The molecule has 3 aromatic rings. The van der Waals surface area contributed by atoms with Gasteiger partial charge in [0.1, 0.15) is 11.7 Å². The molecule has 1 amide bonds. The molecule has 6 nitrogen and oxygen atoms in total. The van der Waals surface area contributed by atoms with Crippen LogP contribution in [0.15, 0.2) is 60.8 Å². The molecule has 156 valence electrons. The molecular formula is C23H25N3O3S. The van der Waals surface area contributed by atoms with Crippen molar-refractivity contribution in [1.29, 1.82) is 0 Å². The van der Waals surface area contributed by atoms with Crippen molar-refractivity contribution < 1.29 is 14.3 Å². The lowest BCUT2D eigenvalue weighted by Crippen LogP contribution is -2.42. The first-order chi connectivity index (χ1) is 14.5. The van der Waals surface area contributed by atoms with E-state index in [9.17, 15) is 9.59 Å². The third kappa shape index (κ3) is 5.10. The average molecular weight is 424 g/mol. The van der Waals surface area contributed by atoms with Crippen molar-refractivity contribution in [1.82, 2.24) is 15.1 Å². The highest BCUT2D eigenvalue weighted by atomic mass is 32.2. The third-order valence-electron chi connectivity index (χ3n) is 4.67. The van der Waals surface area contributed by atoms with Gasteiger partial charge in [-0.25, -0.2) is 9.48 Å². The predicted molar refractivity (Wildman–Crippen MR) is 120 cm³/mol. The number of methoxy groups -OCH3 is 1. The number of aromatic nitrogens is 2. The lowest BCUT2D eigenvalue weighted by Gasteiger charge is -2.16. The number of benzene rings is 2. The lowest BCUT2D eigenvalue weighted by atomic mass is 10.0. The van der Waals surface area contributed by atoms with Gasteiger partial charge in [-0.15, -0.1) is 0 Å². The summed E-state index contributed by atoms with van der Waals surface area (Å²) < 4.78 is 6.55. The van der Waals surface area contributed by atoms with Crippen LogP contribution in [0.25, 0.3) is 16.9 Å². The molecule has 1 N–H and O–H groups in total. The third-order valence-corrected chi connectivity index (χ3v) is 5.32. The Kier molecular flexibility index (Phi) is 7.30. The molecule has 1 aromatic heterocycles. The molecular weight excluding hydrogens is 398 g/mol. The molecule has 30 heavy (non-hydrogen) atoms. The minimum atomic E-state index is -0.708. The van der Waals surface area contributed by atoms with Gasteiger partial charge in [-0.3, -0.25) is 4.79 Å². The van der Waals surface area contributed by atoms with Crippen LogP contribution in [-0.4, -0.2) is 46.8 Å². The van der Waals surface area contributed by atoms with Crippen LogP contribution in [0.5, 0.6) is 0 Å². The average Bonchev–Trinajstić information content (AvgIpc) is 3.22. The SMILES string of the molecule is COC(=O)[C@H](CCSC)NC(=O)c1cn(-c2ccccc2)nc1-c1cccc(C)c1. The predicted octanol–water partition coefficient (Wildman–Crippen LogP) is 3.87. The van der Waals surface area contributed by atoms with Crippen molar-refractivity contribution in [3.63, 3.8) is 0 Å². The summed E-state index contributed by atoms with van der Waals surface area (Å²) in [5, 5.41) is 7.51. The fourth-order valence-electron chi connectivity index (χ4n) is 3.12. The largest absolute Gasteiger partial charge is 0.467 e. The second-order valence-corrected chi connectivity index (χ2v) is 7.86. The zero-order valence-corrected chi connectivity index (χ0v) is 18.1. The molecule has 0 aliphatic carbocycles. The van der Waals surface area contributed by atoms with Crippen LogP contribution in [-0.2, 0) is 9.53 Å². The fourth-order valence-corrected chi connectivity index (χ4v) is 3.59. The quantitative estimate of drug-likeness (QED) is 0.557. The van der Waals surface area contributed by atoms with Gasteiger partial charge in [0.05, 0.1) is 18.4 Å². The Morgan fingerprint density at radius 2 is 1.93 bits per heavy atom. The number of hydrogen-bond acceptors (Lipinski definition) is 5. The highest BCUT2D eigenvalue weighted by molar-refractivity contribution is 7.98. The molecule has 0 bridgehead atoms. The summed E-state index contributed by atoms with van der Waals surface area (Å²) in [5.41, 5.74) is 3.72. The molecule has 0 spiro atoms. The Morgan fingerprint density at radius 3 is 2.60 bits per heavy atom. The maximum Gasteiger partial charge on any atom is 0.328 e. The van der Waals surface area contributed by atoms with E-state index in [1.165, 1.54) is 7.11 Å². The van der Waals surface area contributed by atoms with Crippen LogP contribution in [0.3, 0.4) is 0 Å². The van der Waals surface area contributed by atoms with E-state index < -0.39 is 12.0 Å². The summed E-state index contributed by atoms with van der Waals surface area (Å²) in [6.07, 6.45) is 4.15. The van der Waals surface area contributed by atoms with Crippen molar-refractivity contribution in [3.05, 3.63) is 71.9 Å². The van der Waals surface area contributed by atoms with Gasteiger partial charge in [-0.05, 0) is 43.6 Å². The van der Waals surface area contributed by atoms with Gasteiger partial charge >= 0.3 is 5.97 Å². The van der Waals surface area contributed by atoms with Crippen LogP contribution >= 0.6 is 11.8 Å². The van der Waals surface area contributed by atoms with Crippen LogP contribution in [0.2, 0.25) is 0 Å². The van der Waals surface area contributed by atoms with E-state index in [2.05, 4.69) is 10.4 Å². The Hall–Kier alpha value is -3.06. The molecule has 0 fully saturated rings. The maximum atomic E-state index is 13.2. The summed E-state index contributed by atoms with van der Waals surface area (Å²) in [5.74, 6) is -0.0798. The van der Waals surface area contributed by atoms with E-state index in [0.717, 1.165) is 22.6 Å². The van der Waals surface area contributed by atoms with E-state index in [-0.39, 0.29) is 5.91 Å². The van der Waals surface area contributed by atoms with Gasteiger partial charge in [0.2, 0.25) is 0 Å². The highest BCUT2D eigenvalue weighted by Gasteiger charge is 2.25. The van der Waals surface area contributed by atoms with Gasteiger partial charge < -0.3 is 10.1 Å². The molecule has 3 rings (SSSR count). The first-order valence-corrected chi connectivity index (χ1v) is 11.0. The number of amides is 1. The number of ether oxygens (including phenoxy) is 1. The Morgan fingerprint density at radius 1 is 1.17 bits per heavy atom. The second-order valence-electron chi connectivity index (χ2n) is 6.87. The molecule has 0 unspecified atom stereocenters. The van der Waals surface area contributed by atoms with Crippen molar-refractivity contribution in [2.45, 2.75) is 19.4 Å². The fraction of sp³-hybridized carbons (Fsp3) is 0.261. The second kappa shape index (κ2) is 10.1. The zero-order valence-electron chi connectivity index (χ0n) is 17.3. The first-order valence-electron chi connectivity index (χ1n) is 9.63. The van der Waals surface area contributed by atoms with Crippen LogP contribution in [0.1, 0.15) is 22.3 Å². The van der Waals surface area contributed by atoms with Gasteiger partial charge in [0.25, 0.3) is 5.91 Å². The molecule has 0 saturated heterocycles. The van der Waals surface area contributed by atoms with Crippen molar-refractivity contribution in [2.75, 3.05) is 19.1 Å². The minimum absolute atomic E-state index is 0.356. The number of esters is 1. The molecule has 0 aliphatic rings. The molecule has 0 radical (unpaired) electrons. The number of aryl methyl sites for hydroxylation is 1. The minimum Gasteiger partial charge on any atom is -0.467 e. The maximum absolute atomic E-state index is 13.2. The highest BCUT2D eigenvalue weighted by Crippen LogP contribution is 2.25. The normalized spacial score (nSPS) is 11.7. The van der Waals surface area contributed by atoms with E-state index in [1.807, 2.05) is 67.8 Å². The number of rotatable bonds is 8. The standard InChI is InChI=1S/C23H25N3O3S/c1-16-8-7-9-17(14-16)21-19(15-26(25-21)18-10-5-4-6-11-18)22(27)24-20(12-13-30-3)23(28)29-2/h4-11,14-15,20H,12-13H2,1-3H3,(H,24,27)/t20-/m0/s1. The van der Waals surface area contributed by atoms with E-state index in [1.54, 1.807) is 22.6 Å². The number of carbonyl (C=O) groups is 2. The Bertz CT molecular complexity index is 1020. The number of hydrogen-bond donors (Lipinski definition) is 1. The summed E-state index contributed by atoms with van der Waals surface area (Å²) in [7, 11) is 1.33. The van der Waals surface area contributed by atoms with Crippen LogP contribution < -0.4 is 5.32 Å². The summed E-state index contributed by atoms with van der Waals surface area (Å²) in [4.78, 5) is 25.3. The Labute approximate surface area is 180 Å². The number of carbonyl (C=O) groups excluding carboxylic acids is 2. The molecule has 0 aliphatic heterocycles. The van der Waals surface area contributed by atoms with Gasteiger partial charge in [0.15, 0.2) is 0 Å². The number of nitrogens with one attached hydrogen (secondary N) is 1. The molecule has 7 heteroatoms. The molecule has 1 heterocycles. The van der Waals surface area contributed by atoms with Crippen LogP contribution in [0, 0.1) is 6.92 Å². The number of para-hydroxylation sites is 1. The van der Waals surface area contributed by atoms with Crippen molar-refractivity contribution in [2.24, 2.45) is 0 Å². The van der Waals surface area contributed by atoms with Gasteiger partial charge in [-0.2, -0.15) is 16.9 Å². The number of nitrogens with zero attached hydrogens (tertiary/aromatic N) is 2. The number of thioether (sulfide) groups is 1. The monoisotopic (exact) mass is 423 g/mol. The lowest BCUT2D eigenvalue weighted by molar-refractivity contribution is -0.142. The van der Waals surface area contributed by atoms with E-state index in [0.29, 0.717) is 17.7 Å². The Balaban J connectivity index is 2.00.